The summed E-state index contributed by atoms with van der Waals surface area (Å²) in [5.74, 6) is 0. The van der Waals surface area contributed by atoms with Crippen molar-refractivity contribution in [2.45, 2.75) is 0 Å². The Bertz CT molecular complexity index is 3480. The molecule has 0 aliphatic rings. The van der Waals surface area contributed by atoms with Crippen LogP contribution in [0.3, 0.4) is 0 Å². The summed E-state index contributed by atoms with van der Waals surface area (Å²) in [4.78, 5) is 0. The van der Waals surface area contributed by atoms with Crippen LogP contribution in [0.2, 0.25) is 0 Å². The molecule has 0 bridgehead atoms. The summed E-state index contributed by atoms with van der Waals surface area (Å²) in [5.41, 5.74) is 13.1. The van der Waals surface area contributed by atoms with Gasteiger partial charge in [-0.05, 0) is 83.2 Å². The summed E-state index contributed by atoms with van der Waals surface area (Å²) >= 11 is 0. The lowest BCUT2D eigenvalue weighted by molar-refractivity contribution is 1.17. The number of fused-ring (bicyclic) bond motifs is 10. The van der Waals surface area contributed by atoms with Gasteiger partial charge < -0.3 is 13.7 Å². The third-order valence-corrected chi connectivity index (χ3v) is 11.6. The minimum absolute atomic E-state index is 1.14. The van der Waals surface area contributed by atoms with Gasteiger partial charge in [-0.25, -0.2) is 0 Å². The third-order valence-electron chi connectivity index (χ3n) is 11.6. The highest BCUT2D eigenvalue weighted by Crippen LogP contribution is 2.42. The summed E-state index contributed by atoms with van der Waals surface area (Å²) < 4.78 is 7.32. The molecular weight excluding hydrogens is 667 g/mol. The lowest BCUT2D eigenvalue weighted by Gasteiger charge is -2.13. The van der Waals surface area contributed by atoms with Crippen molar-refractivity contribution < 1.29 is 0 Å². The number of para-hydroxylation sites is 4. The van der Waals surface area contributed by atoms with E-state index in [4.69, 9.17) is 0 Å². The van der Waals surface area contributed by atoms with E-state index in [1.807, 2.05) is 0 Å². The average molecular weight is 700 g/mol. The molecule has 55 heavy (non-hydrogen) atoms. The van der Waals surface area contributed by atoms with Crippen LogP contribution >= 0.6 is 0 Å². The molecule has 12 aromatic rings. The first-order chi connectivity index (χ1) is 27.3. The number of rotatable bonds is 4. The fraction of sp³-hybridized carbons (Fsp3) is 0. The van der Waals surface area contributed by atoms with Gasteiger partial charge in [-0.15, -0.1) is 0 Å². The van der Waals surface area contributed by atoms with Gasteiger partial charge in [0.25, 0.3) is 0 Å². The summed E-state index contributed by atoms with van der Waals surface area (Å²) in [6.07, 6.45) is 0. The van der Waals surface area contributed by atoms with Gasteiger partial charge in [0, 0.05) is 49.1 Å². The maximum absolute atomic E-state index is 2.47. The molecule has 3 heterocycles. The van der Waals surface area contributed by atoms with Gasteiger partial charge in [0.15, 0.2) is 0 Å². The van der Waals surface area contributed by atoms with Crippen molar-refractivity contribution in [1.82, 2.24) is 13.7 Å². The minimum Gasteiger partial charge on any atom is -0.309 e. The third kappa shape index (κ3) is 4.32. The molecule has 0 unspecified atom stereocenters. The monoisotopic (exact) mass is 699 g/mol. The Morgan fingerprint density at radius 1 is 0.273 bits per heavy atom. The fourth-order valence-corrected chi connectivity index (χ4v) is 9.30. The van der Waals surface area contributed by atoms with Crippen LogP contribution in [0.15, 0.2) is 200 Å². The molecule has 3 nitrogen and oxygen atoms in total. The molecule has 256 valence electrons. The highest BCUT2D eigenvalue weighted by molar-refractivity contribution is 6.20. The second kappa shape index (κ2) is 11.6. The highest BCUT2D eigenvalue weighted by atomic mass is 15.0. The van der Waals surface area contributed by atoms with Gasteiger partial charge >= 0.3 is 0 Å². The minimum atomic E-state index is 1.14. The van der Waals surface area contributed by atoms with Crippen molar-refractivity contribution in [3.63, 3.8) is 0 Å². The van der Waals surface area contributed by atoms with Gasteiger partial charge in [-0.1, -0.05) is 133 Å². The van der Waals surface area contributed by atoms with E-state index >= 15 is 0 Å². The molecule has 0 saturated heterocycles. The fourth-order valence-electron chi connectivity index (χ4n) is 9.30. The van der Waals surface area contributed by atoms with Gasteiger partial charge in [0.2, 0.25) is 0 Å². The van der Waals surface area contributed by atoms with E-state index in [1.165, 1.54) is 93.0 Å². The predicted molar refractivity (Wildman–Crippen MR) is 232 cm³/mol. The Morgan fingerprint density at radius 3 is 1.58 bits per heavy atom. The Labute approximate surface area is 317 Å². The Hall–Kier alpha value is -7.36. The zero-order valence-corrected chi connectivity index (χ0v) is 29.9. The SMILES string of the molecule is c1ccc(-n2c3ccccc3c3c(-c4cccc(-n5c6ccccc6c6cc7c8ccccc8n(-c8cccc9ccccc89)c7cc65)c4)cccc32)cc1. The first-order valence-electron chi connectivity index (χ1n) is 18.9. The van der Waals surface area contributed by atoms with E-state index in [-0.39, 0.29) is 0 Å². The van der Waals surface area contributed by atoms with Crippen LogP contribution < -0.4 is 0 Å². The van der Waals surface area contributed by atoms with Crippen molar-refractivity contribution in [1.29, 1.82) is 0 Å². The zero-order valence-electron chi connectivity index (χ0n) is 29.9. The molecule has 0 N–H and O–H groups in total. The van der Waals surface area contributed by atoms with E-state index < -0.39 is 0 Å². The van der Waals surface area contributed by atoms with Crippen LogP contribution in [-0.2, 0) is 0 Å². The summed E-state index contributed by atoms with van der Waals surface area (Å²) in [6.45, 7) is 0. The second-order valence-electron chi connectivity index (χ2n) is 14.5. The van der Waals surface area contributed by atoms with Crippen molar-refractivity contribution in [3.8, 4) is 28.2 Å². The number of aromatic nitrogens is 3. The lowest BCUT2D eigenvalue weighted by Crippen LogP contribution is -1.97. The molecule has 0 fully saturated rings. The van der Waals surface area contributed by atoms with Crippen molar-refractivity contribution in [3.05, 3.63) is 200 Å². The van der Waals surface area contributed by atoms with Gasteiger partial charge in [-0.3, -0.25) is 0 Å². The molecule has 0 atom stereocenters. The van der Waals surface area contributed by atoms with E-state index in [0.717, 1.165) is 11.4 Å². The van der Waals surface area contributed by atoms with Crippen molar-refractivity contribution in [2.75, 3.05) is 0 Å². The number of hydrogen-bond acceptors (Lipinski definition) is 0. The number of nitrogens with zero attached hydrogens (tertiary/aromatic N) is 3. The number of hydrogen-bond donors (Lipinski definition) is 0. The average Bonchev–Trinajstić information content (AvgIpc) is 3.88. The van der Waals surface area contributed by atoms with Crippen molar-refractivity contribution in [2.24, 2.45) is 0 Å². The summed E-state index contributed by atoms with van der Waals surface area (Å²) in [6, 6.07) is 73.2. The molecule has 0 spiro atoms. The van der Waals surface area contributed by atoms with Crippen LogP contribution in [-0.4, -0.2) is 13.7 Å². The van der Waals surface area contributed by atoms with E-state index in [9.17, 15) is 0 Å². The second-order valence-corrected chi connectivity index (χ2v) is 14.5. The smallest absolute Gasteiger partial charge is 0.0562 e. The summed E-state index contributed by atoms with van der Waals surface area (Å²) in [5, 5.41) is 10.0. The van der Waals surface area contributed by atoms with Crippen molar-refractivity contribution >= 4 is 76.2 Å². The molecule has 0 saturated carbocycles. The topological polar surface area (TPSA) is 14.8 Å². The maximum Gasteiger partial charge on any atom is 0.0562 e. The van der Waals surface area contributed by atoms with E-state index in [0.29, 0.717) is 0 Å². The molecule has 0 amide bonds. The Morgan fingerprint density at radius 2 is 0.800 bits per heavy atom. The highest BCUT2D eigenvalue weighted by Gasteiger charge is 2.20. The van der Waals surface area contributed by atoms with Crippen LogP contribution in [0.1, 0.15) is 0 Å². The lowest BCUT2D eigenvalue weighted by atomic mass is 9.99. The molecule has 3 heteroatoms. The summed E-state index contributed by atoms with van der Waals surface area (Å²) in [7, 11) is 0. The van der Waals surface area contributed by atoms with Crippen LogP contribution in [0.25, 0.3) is 104 Å². The van der Waals surface area contributed by atoms with Gasteiger partial charge in [0.1, 0.15) is 0 Å². The normalized spacial score (nSPS) is 12.0. The molecular formula is C52H33N3. The van der Waals surface area contributed by atoms with E-state index in [2.05, 4.69) is 214 Å². The largest absolute Gasteiger partial charge is 0.309 e. The zero-order chi connectivity index (χ0) is 36.0. The first-order valence-corrected chi connectivity index (χ1v) is 18.9. The molecule has 0 radical (unpaired) electrons. The van der Waals surface area contributed by atoms with Gasteiger partial charge in [-0.2, -0.15) is 0 Å². The Balaban J connectivity index is 1.14. The number of benzene rings is 9. The first kappa shape index (κ1) is 30.1. The molecule has 0 aliphatic heterocycles. The standard InChI is InChI=1S/C52H33N3/c1-2-18-36(19-3-1)53-48-28-11-8-24-42(48)52-39(25-14-30-49(52)53)35-17-12-20-37(31-35)54-46-26-9-6-22-40(46)43-32-44-41-23-7-10-27-47(41)55(51(44)33-50(43)54)45-29-13-16-34-15-4-5-21-38(34)45/h1-33H. The maximum atomic E-state index is 2.47. The Kier molecular flexibility index (Phi) is 6.34. The van der Waals surface area contributed by atoms with E-state index in [1.54, 1.807) is 0 Å². The molecule has 0 aliphatic carbocycles. The predicted octanol–water partition coefficient (Wildman–Crippen LogP) is 13.8. The molecule has 3 aromatic heterocycles. The van der Waals surface area contributed by atoms with Crippen LogP contribution in [0.5, 0.6) is 0 Å². The molecule has 9 aromatic carbocycles. The van der Waals surface area contributed by atoms with Crippen LogP contribution in [0, 0.1) is 0 Å². The quantitative estimate of drug-likeness (QED) is 0.174. The van der Waals surface area contributed by atoms with Gasteiger partial charge in [0.05, 0.1) is 38.8 Å². The molecule has 12 rings (SSSR count). The van der Waals surface area contributed by atoms with Crippen LogP contribution in [0.4, 0.5) is 0 Å².